The molecule has 0 saturated carbocycles. The molecule has 1 aliphatic heterocycles. The van der Waals surface area contributed by atoms with Crippen molar-refractivity contribution in [1.82, 2.24) is 5.43 Å². The molecule has 0 aromatic heterocycles. The molecule has 0 aliphatic carbocycles. The normalized spacial score (nSPS) is 14.2. The molecule has 1 aliphatic rings. The maximum atomic E-state index is 11.9. The van der Waals surface area contributed by atoms with Gasteiger partial charge in [0, 0.05) is 30.6 Å². The Bertz CT molecular complexity index is 846. The molecule has 0 spiro atoms. The minimum absolute atomic E-state index is 0.0944. The van der Waals surface area contributed by atoms with E-state index in [-0.39, 0.29) is 18.4 Å². The highest BCUT2D eigenvalue weighted by Crippen LogP contribution is 2.24. The number of rotatable bonds is 7. The molecule has 0 unspecified atom stereocenters. The first-order chi connectivity index (χ1) is 13.2. The number of nitrogens with zero attached hydrogens (tertiary/aromatic N) is 2. The second-order valence-electron chi connectivity index (χ2n) is 6.14. The Balaban J connectivity index is 1.44. The number of allylic oxidation sites excluding steroid dienone is 1. The van der Waals surface area contributed by atoms with Crippen molar-refractivity contribution in [3.63, 3.8) is 0 Å². The van der Waals surface area contributed by atoms with Crippen molar-refractivity contribution in [3.05, 3.63) is 66.2 Å². The van der Waals surface area contributed by atoms with Gasteiger partial charge in [0.1, 0.15) is 0 Å². The van der Waals surface area contributed by atoms with Gasteiger partial charge in [0.15, 0.2) is 0 Å². The molecule has 3 rings (SSSR count). The summed E-state index contributed by atoms with van der Waals surface area (Å²) < 4.78 is 0. The van der Waals surface area contributed by atoms with Gasteiger partial charge in [-0.25, -0.2) is 5.43 Å². The maximum absolute atomic E-state index is 11.9. The molecule has 1 saturated heterocycles. The van der Waals surface area contributed by atoms with Crippen LogP contribution in [0.5, 0.6) is 0 Å². The van der Waals surface area contributed by atoms with Crippen LogP contribution >= 0.6 is 0 Å². The van der Waals surface area contributed by atoms with E-state index in [0.29, 0.717) is 6.42 Å². The first-order valence-electron chi connectivity index (χ1n) is 8.90. The third kappa shape index (κ3) is 5.54. The topological polar surface area (TPSA) is 73.8 Å². The van der Waals surface area contributed by atoms with Gasteiger partial charge >= 0.3 is 0 Å². The van der Waals surface area contributed by atoms with E-state index in [4.69, 9.17) is 0 Å². The summed E-state index contributed by atoms with van der Waals surface area (Å²) >= 11 is 0. The molecule has 6 nitrogen and oxygen atoms in total. The highest BCUT2D eigenvalue weighted by Gasteiger charge is 2.21. The van der Waals surface area contributed by atoms with Crippen LogP contribution in [0.4, 0.5) is 11.4 Å². The predicted octanol–water partition coefficient (Wildman–Crippen LogP) is 3.04. The lowest BCUT2D eigenvalue weighted by Gasteiger charge is -2.16. The minimum Gasteiger partial charge on any atom is -0.376 e. The number of hydrogen-bond donors (Lipinski definition) is 2. The molecule has 1 heterocycles. The molecule has 1 fully saturated rings. The first-order valence-corrected chi connectivity index (χ1v) is 8.90. The van der Waals surface area contributed by atoms with Crippen LogP contribution in [0.3, 0.4) is 0 Å². The molecule has 2 N–H and O–H groups in total. The van der Waals surface area contributed by atoms with Crippen molar-refractivity contribution in [3.8, 4) is 0 Å². The molecule has 2 amide bonds. The Morgan fingerprint density at radius 3 is 2.78 bits per heavy atom. The van der Waals surface area contributed by atoms with Crippen LogP contribution in [0.2, 0.25) is 0 Å². The van der Waals surface area contributed by atoms with Crippen molar-refractivity contribution in [2.24, 2.45) is 5.10 Å². The standard InChI is InChI=1S/C21H22N4O2/c26-20(24-23-13-5-9-17-7-2-1-3-8-17)16-22-18-10-4-11-19(15-18)25-14-6-12-21(25)27/h1-5,7-11,13,15,22H,6,12,14,16H2,(H,24,26). The molecule has 6 heteroatoms. The van der Waals surface area contributed by atoms with Crippen LogP contribution in [0.25, 0.3) is 6.08 Å². The van der Waals surface area contributed by atoms with Gasteiger partial charge < -0.3 is 10.2 Å². The van der Waals surface area contributed by atoms with Gasteiger partial charge in [0.05, 0.1) is 6.54 Å². The second kappa shape index (κ2) is 9.33. The first kappa shape index (κ1) is 18.4. The zero-order valence-electron chi connectivity index (χ0n) is 15.0. The summed E-state index contributed by atoms with van der Waals surface area (Å²) in [6.07, 6.45) is 6.68. The van der Waals surface area contributed by atoms with Gasteiger partial charge in [0.25, 0.3) is 5.91 Å². The van der Waals surface area contributed by atoms with E-state index in [0.717, 1.165) is 29.9 Å². The van der Waals surface area contributed by atoms with Crippen LogP contribution in [0.15, 0.2) is 65.8 Å². The van der Waals surface area contributed by atoms with Gasteiger partial charge in [-0.15, -0.1) is 0 Å². The molecular weight excluding hydrogens is 340 g/mol. The molecule has 138 valence electrons. The number of hydrazone groups is 1. The maximum Gasteiger partial charge on any atom is 0.259 e. The largest absolute Gasteiger partial charge is 0.376 e. The smallest absolute Gasteiger partial charge is 0.259 e. The van der Waals surface area contributed by atoms with E-state index in [2.05, 4.69) is 15.8 Å². The summed E-state index contributed by atoms with van der Waals surface area (Å²) in [7, 11) is 0. The summed E-state index contributed by atoms with van der Waals surface area (Å²) in [6.45, 7) is 0.838. The quantitative estimate of drug-likeness (QED) is 0.587. The zero-order valence-corrected chi connectivity index (χ0v) is 15.0. The Labute approximate surface area is 158 Å². The Morgan fingerprint density at radius 1 is 1.15 bits per heavy atom. The van der Waals surface area contributed by atoms with E-state index in [1.54, 1.807) is 11.0 Å². The summed E-state index contributed by atoms with van der Waals surface area (Å²) in [5, 5.41) is 6.93. The van der Waals surface area contributed by atoms with Crippen LogP contribution in [0.1, 0.15) is 18.4 Å². The molecule has 27 heavy (non-hydrogen) atoms. The Morgan fingerprint density at radius 2 is 2.00 bits per heavy atom. The lowest BCUT2D eigenvalue weighted by molar-refractivity contribution is -0.119. The molecule has 0 bridgehead atoms. The SMILES string of the molecule is O=C(CNc1cccc(N2CCCC2=O)c1)NN=CC=Cc1ccccc1. The summed E-state index contributed by atoms with van der Waals surface area (Å²) in [5.41, 5.74) is 5.17. The highest BCUT2D eigenvalue weighted by atomic mass is 16.2. The Kier molecular flexibility index (Phi) is 6.35. The van der Waals surface area contributed by atoms with Crippen LogP contribution in [-0.2, 0) is 9.59 Å². The fourth-order valence-corrected chi connectivity index (χ4v) is 2.80. The van der Waals surface area contributed by atoms with E-state index >= 15 is 0 Å². The number of anilines is 2. The van der Waals surface area contributed by atoms with Crippen LogP contribution in [-0.4, -0.2) is 31.1 Å². The third-order valence-electron chi connectivity index (χ3n) is 4.12. The number of benzene rings is 2. The van der Waals surface area contributed by atoms with Crippen LogP contribution < -0.4 is 15.6 Å². The predicted molar refractivity (Wildman–Crippen MR) is 109 cm³/mol. The molecule has 0 atom stereocenters. The van der Waals surface area contributed by atoms with Crippen molar-refractivity contribution in [1.29, 1.82) is 0 Å². The number of amides is 2. The molecule has 0 radical (unpaired) electrons. The summed E-state index contributed by atoms with van der Waals surface area (Å²) in [5.74, 6) is -0.107. The number of hydrogen-bond acceptors (Lipinski definition) is 4. The number of nitrogens with one attached hydrogen (secondary N) is 2. The van der Waals surface area contributed by atoms with Gasteiger partial charge in [-0.3, -0.25) is 9.59 Å². The number of carbonyl (C=O) groups excluding carboxylic acids is 2. The average molecular weight is 362 g/mol. The lowest BCUT2D eigenvalue weighted by Crippen LogP contribution is -2.26. The van der Waals surface area contributed by atoms with Gasteiger partial charge in [-0.2, -0.15) is 5.10 Å². The van der Waals surface area contributed by atoms with Crippen molar-refractivity contribution >= 4 is 35.5 Å². The van der Waals surface area contributed by atoms with Crippen molar-refractivity contribution in [2.75, 3.05) is 23.3 Å². The van der Waals surface area contributed by atoms with Crippen molar-refractivity contribution in [2.45, 2.75) is 12.8 Å². The highest BCUT2D eigenvalue weighted by molar-refractivity contribution is 5.95. The van der Waals surface area contributed by atoms with E-state index in [1.165, 1.54) is 6.21 Å². The monoisotopic (exact) mass is 362 g/mol. The summed E-state index contributed by atoms with van der Waals surface area (Å²) in [4.78, 5) is 25.5. The van der Waals surface area contributed by atoms with Gasteiger partial charge in [0.2, 0.25) is 5.91 Å². The fourth-order valence-electron chi connectivity index (χ4n) is 2.80. The number of carbonyl (C=O) groups is 2. The molecule has 2 aromatic carbocycles. The molecule has 2 aromatic rings. The molecular formula is C21H22N4O2. The fraction of sp³-hybridized carbons (Fsp3) is 0.190. The Hall–Kier alpha value is -3.41. The summed E-state index contributed by atoms with van der Waals surface area (Å²) in [6, 6.07) is 17.3. The minimum atomic E-state index is -0.248. The van der Waals surface area contributed by atoms with Gasteiger partial charge in [-0.05, 0) is 36.3 Å². The van der Waals surface area contributed by atoms with Crippen molar-refractivity contribution < 1.29 is 9.59 Å². The second-order valence-corrected chi connectivity index (χ2v) is 6.14. The lowest BCUT2D eigenvalue weighted by atomic mass is 10.2. The van der Waals surface area contributed by atoms with Gasteiger partial charge in [-0.1, -0.05) is 42.5 Å². The third-order valence-corrected chi connectivity index (χ3v) is 4.12. The van der Waals surface area contributed by atoms with E-state index < -0.39 is 0 Å². The zero-order chi connectivity index (χ0) is 18.9. The van der Waals surface area contributed by atoms with E-state index in [1.807, 2.05) is 60.7 Å². The van der Waals surface area contributed by atoms with Crippen LogP contribution in [0, 0.1) is 0 Å². The average Bonchev–Trinajstić information content (AvgIpc) is 3.13. The van der Waals surface area contributed by atoms with E-state index in [9.17, 15) is 9.59 Å².